The Morgan fingerprint density at radius 1 is 0.947 bits per heavy atom. The summed E-state index contributed by atoms with van der Waals surface area (Å²) < 4.78 is 29.1. The SMILES string of the molecule is CC(F)(F)[C@@H](c1ccccc1)N(N)C(=O)c1ccc2nc(-c3ccccc3)c(CCCCC(=O)O)nc2c1. The van der Waals surface area contributed by atoms with Crippen molar-refractivity contribution < 1.29 is 23.5 Å². The minimum absolute atomic E-state index is 0.0529. The first-order valence-electron chi connectivity index (χ1n) is 12.2. The van der Waals surface area contributed by atoms with Crippen LogP contribution in [-0.2, 0) is 11.2 Å². The first-order valence-corrected chi connectivity index (χ1v) is 12.2. The van der Waals surface area contributed by atoms with E-state index in [0.29, 0.717) is 46.7 Å². The smallest absolute Gasteiger partial charge is 0.303 e. The monoisotopic (exact) mass is 518 g/mol. The number of carbonyl (C=O) groups excluding carboxylic acids is 1. The van der Waals surface area contributed by atoms with E-state index in [1.165, 1.54) is 24.3 Å². The van der Waals surface area contributed by atoms with E-state index in [-0.39, 0.29) is 17.5 Å². The fourth-order valence-corrected chi connectivity index (χ4v) is 4.39. The quantitative estimate of drug-likeness (QED) is 0.119. The molecule has 0 saturated heterocycles. The van der Waals surface area contributed by atoms with Crippen LogP contribution in [0.1, 0.15) is 53.8 Å². The van der Waals surface area contributed by atoms with Gasteiger partial charge in [-0.2, -0.15) is 0 Å². The van der Waals surface area contributed by atoms with Crippen molar-refractivity contribution in [3.63, 3.8) is 0 Å². The Hall–Kier alpha value is -4.24. The molecule has 4 aromatic rings. The summed E-state index contributed by atoms with van der Waals surface area (Å²) in [6.45, 7) is 0.728. The molecule has 0 aliphatic carbocycles. The number of aryl methyl sites for hydroxylation is 1. The van der Waals surface area contributed by atoms with E-state index in [9.17, 15) is 18.4 Å². The van der Waals surface area contributed by atoms with Crippen molar-refractivity contribution in [3.8, 4) is 11.3 Å². The molecule has 7 nitrogen and oxygen atoms in total. The Morgan fingerprint density at radius 2 is 1.61 bits per heavy atom. The minimum atomic E-state index is -3.30. The number of halogens is 2. The summed E-state index contributed by atoms with van der Waals surface area (Å²) in [6, 6.07) is 20.4. The van der Waals surface area contributed by atoms with Crippen LogP contribution in [0, 0.1) is 0 Å². The molecule has 0 saturated carbocycles. The van der Waals surface area contributed by atoms with Gasteiger partial charge in [-0.25, -0.2) is 24.6 Å². The number of amides is 1. The molecule has 3 N–H and O–H groups in total. The predicted octanol–water partition coefficient (Wildman–Crippen LogP) is 5.81. The van der Waals surface area contributed by atoms with Crippen LogP contribution < -0.4 is 5.84 Å². The highest BCUT2D eigenvalue weighted by Crippen LogP contribution is 2.35. The zero-order chi connectivity index (χ0) is 27.3. The number of alkyl halides is 2. The van der Waals surface area contributed by atoms with Gasteiger partial charge in [0.15, 0.2) is 0 Å². The van der Waals surface area contributed by atoms with Gasteiger partial charge in [0.1, 0.15) is 6.04 Å². The zero-order valence-corrected chi connectivity index (χ0v) is 20.8. The third kappa shape index (κ3) is 6.18. The standard InChI is InChI=1S/C29H28F2N4O3/c1-29(30,31)27(20-12-6-3-7-13-20)35(32)28(38)21-16-17-22-24(18-21)33-23(14-8-9-15-25(36)37)26(34-22)19-10-4-2-5-11-19/h2-7,10-13,16-18,27H,8-9,14-15,32H2,1H3,(H,36,37)/t27-/m1/s1. The first kappa shape index (κ1) is 26.8. The number of fused-ring (bicyclic) bond motifs is 1. The van der Waals surface area contributed by atoms with Gasteiger partial charge in [-0.1, -0.05) is 60.7 Å². The maximum atomic E-state index is 14.6. The van der Waals surface area contributed by atoms with Crippen LogP contribution in [0.3, 0.4) is 0 Å². The number of hydrazine groups is 1. The number of unbranched alkanes of at least 4 members (excludes halogenated alkanes) is 1. The first-order chi connectivity index (χ1) is 18.1. The summed E-state index contributed by atoms with van der Waals surface area (Å²) in [6.07, 6.45) is 1.61. The molecular weight excluding hydrogens is 490 g/mol. The average Bonchev–Trinajstić information content (AvgIpc) is 2.90. The van der Waals surface area contributed by atoms with Crippen LogP contribution in [0.2, 0.25) is 0 Å². The summed E-state index contributed by atoms with van der Waals surface area (Å²) in [5.41, 5.74) is 3.44. The van der Waals surface area contributed by atoms with Crippen molar-refractivity contribution in [1.29, 1.82) is 0 Å². The van der Waals surface area contributed by atoms with E-state index in [1.54, 1.807) is 24.3 Å². The summed E-state index contributed by atoms with van der Waals surface area (Å²) in [5.74, 6) is 1.07. The molecule has 1 amide bonds. The summed E-state index contributed by atoms with van der Waals surface area (Å²) in [5, 5.41) is 9.52. The van der Waals surface area contributed by atoms with Crippen LogP contribution in [0.5, 0.6) is 0 Å². The van der Waals surface area contributed by atoms with Crippen LogP contribution in [0.4, 0.5) is 8.78 Å². The van der Waals surface area contributed by atoms with Gasteiger partial charge < -0.3 is 5.11 Å². The lowest BCUT2D eigenvalue weighted by molar-refractivity contribution is -0.137. The lowest BCUT2D eigenvalue weighted by atomic mass is 10.00. The maximum absolute atomic E-state index is 14.6. The molecule has 0 fully saturated rings. The number of carboxylic acid groups (broad SMARTS) is 1. The third-order valence-electron chi connectivity index (χ3n) is 6.19. The molecule has 0 radical (unpaired) electrons. The normalized spacial score (nSPS) is 12.3. The number of rotatable bonds is 10. The van der Waals surface area contributed by atoms with Gasteiger partial charge >= 0.3 is 5.97 Å². The van der Waals surface area contributed by atoms with Crippen LogP contribution in [-0.4, -0.2) is 37.9 Å². The van der Waals surface area contributed by atoms with Gasteiger partial charge in [0.05, 0.1) is 22.4 Å². The second kappa shape index (κ2) is 11.4. The van der Waals surface area contributed by atoms with E-state index in [1.807, 2.05) is 30.3 Å². The Morgan fingerprint density at radius 3 is 2.24 bits per heavy atom. The van der Waals surface area contributed by atoms with Gasteiger partial charge in [0, 0.05) is 24.5 Å². The summed E-state index contributed by atoms with van der Waals surface area (Å²) in [7, 11) is 0. The third-order valence-corrected chi connectivity index (χ3v) is 6.19. The number of benzene rings is 3. The van der Waals surface area contributed by atoms with Gasteiger partial charge in [-0.3, -0.25) is 14.6 Å². The van der Waals surface area contributed by atoms with Crippen molar-refractivity contribution >= 4 is 22.9 Å². The summed E-state index contributed by atoms with van der Waals surface area (Å²) >= 11 is 0. The van der Waals surface area contributed by atoms with Gasteiger partial charge in [-0.05, 0) is 43.0 Å². The van der Waals surface area contributed by atoms with Gasteiger partial charge in [0.25, 0.3) is 11.8 Å². The molecular formula is C29H28F2N4O3. The van der Waals surface area contributed by atoms with E-state index in [0.717, 1.165) is 12.5 Å². The number of nitrogens with zero attached hydrogens (tertiary/aromatic N) is 3. The lowest BCUT2D eigenvalue weighted by Gasteiger charge is -2.32. The van der Waals surface area contributed by atoms with Gasteiger partial charge in [0.2, 0.25) is 0 Å². The largest absolute Gasteiger partial charge is 0.481 e. The Kier molecular flexibility index (Phi) is 8.07. The van der Waals surface area contributed by atoms with Crippen LogP contribution in [0.25, 0.3) is 22.3 Å². The molecule has 196 valence electrons. The molecule has 0 aliphatic heterocycles. The highest BCUT2D eigenvalue weighted by Gasteiger charge is 2.41. The number of carboxylic acids is 1. The minimum Gasteiger partial charge on any atom is -0.481 e. The Balaban J connectivity index is 1.70. The van der Waals surface area contributed by atoms with Crippen molar-refractivity contribution in [2.24, 2.45) is 5.84 Å². The van der Waals surface area contributed by atoms with E-state index in [2.05, 4.69) is 0 Å². The Labute approximate surface area is 218 Å². The second-order valence-corrected chi connectivity index (χ2v) is 9.17. The highest BCUT2D eigenvalue weighted by molar-refractivity contribution is 5.97. The van der Waals surface area contributed by atoms with Crippen LogP contribution >= 0.6 is 0 Å². The Bertz CT molecular complexity index is 1430. The predicted molar refractivity (Wildman–Crippen MR) is 140 cm³/mol. The molecule has 38 heavy (non-hydrogen) atoms. The van der Waals surface area contributed by atoms with Crippen molar-refractivity contribution in [2.45, 2.75) is 44.6 Å². The molecule has 3 aromatic carbocycles. The van der Waals surface area contributed by atoms with Crippen molar-refractivity contribution in [1.82, 2.24) is 15.0 Å². The van der Waals surface area contributed by atoms with E-state index >= 15 is 0 Å². The average molecular weight is 519 g/mol. The molecule has 4 rings (SSSR count). The van der Waals surface area contributed by atoms with Gasteiger partial charge in [-0.15, -0.1) is 0 Å². The molecule has 1 heterocycles. The molecule has 1 aromatic heterocycles. The molecule has 0 aliphatic rings. The molecule has 1 atom stereocenters. The number of carbonyl (C=O) groups is 2. The number of nitrogens with two attached hydrogens (primary N) is 1. The highest BCUT2D eigenvalue weighted by atomic mass is 19.3. The molecule has 0 spiro atoms. The molecule has 9 heteroatoms. The topological polar surface area (TPSA) is 109 Å². The summed E-state index contributed by atoms with van der Waals surface area (Å²) in [4.78, 5) is 33.7. The van der Waals surface area contributed by atoms with E-state index < -0.39 is 23.8 Å². The fourth-order valence-electron chi connectivity index (χ4n) is 4.39. The number of hydrogen-bond donors (Lipinski definition) is 2. The number of hydrogen-bond acceptors (Lipinski definition) is 5. The number of aromatic nitrogens is 2. The maximum Gasteiger partial charge on any atom is 0.303 e. The van der Waals surface area contributed by atoms with E-state index in [4.69, 9.17) is 20.9 Å². The molecule has 0 bridgehead atoms. The lowest BCUT2D eigenvalue weighted by Crippen LogP contribution is -2.47. The fraction of sp³-hybridized carbons (Fsp3) is 0.241. The van der Waals surface area contributed by atoms with Crippen molar-refractivity contribution in [2.75, 3.05) is 0 Å². The second-order valence-electron chi connectivity index (χ2n) is 9.17. The van der Waals surface area contributed by atoms with Crippen molar-refractivity contribution in [3.05, 3.63) is 95.7 Å². The molecule has 0 unspecified atom stereocenters. The zero-order valence-electron chi connectivity index (χ0n) is 20.8. The number of aliphatic carboxylic acids is 1. The van der Waals surface area contributed by atoms with Crippen LogP contribution in [0.15, 0.2) is 78.9 Å².